The number of carboxylic acids is 2. The van der Waals surface area contributed by atoms with Crippen LogP contribution >= 0.6 is 0 Å². The molecule has 0 spiro atoms. The molecule has 8 heteroatoms. The van der Waals surface area contributed by atoms with E-state index < -0.39 is 23.9 Å². The molecule has 2 N–H and O–H groups in total. The van der Waals surface area contributed by atoms with Crippen LogP contribution in [0.25, 0.3) is 0 Å². The van der Waals surface area contributed by atoms with E-state index in [1.54, 1.807) is 0 Å². The fraction of sp³-hybridized carbons (Fsp3) is 0.600. The third-order valence-corrected chi connectivity index (χ3v) is 4.39. The zero-order valence-electron chi connectivity index (χ0n) is 15.9. The largest absolute Gasteiger partial charge is 0.478 e. The number of carboxylic acid groups (broad SMARTS) is 2. The number of carbonyl (C=O) groups is 4. The fourth-order valence-corrected chi connectivity index (χ4v) is 3.05. The maximum Gasteiger partial charge on any atom is 0.331 e. The van der Waals surface area contributed by atoms with Gasteiger partial charge in [-0.25, -0.2) is 19.2 Å². The molecule has 0 aromatic heterocycles. The summed E-state index contributed by atoms with van der Waals surface area (Å²) in [4.78, 5) is 42.3. The second-order valence-corrected chi connectivity index (χ2v) is 6.74. The van der Waals surface area contributed by atoms with Crippen LogP contribution in [0, 0.1) is 0 Å². The molecule has 0 heterocycles. The summed E-state index contributed by atoms with van der Waals surface area (Å²) in [6.07, 6.45) is 14.2. The molecule has 2 fully saturated rings. The fourth-order valence-electron chi connectivity index (χ4n) is 3.05. The number of ether oxygens (including phenoxy) is 2. The molecule has 2 aliphatic carbocycles. The van der Waals surface area contributed by atoms with Gasteiger partial charge in [0.1, 0.15) is 12.2 Å². The zero-order chi connectivity index (χ0) is 20.8. The second-order valence-electron chi connectivity index (χ2n) is 6.74. The van der Waals surface area contributed by atoms with Gasteiger partial charge in [-0.3, -0.25) is 0 Å². The predicted molar refractivity (Wildman–Crippen MR) is 99.5 cm³/mol. The van der Waals surface area contributed by atoms with Crippen LogP contribution < -0.4 is 0 Å². The van der Waals surface area contributed by atoms with Gasteiger partial charge >= 0.3 is 23.9 Å². The molecule has 2 aliphatic rings. The van der Waals surface area contributed by atoms with Gasteiger partial charge in [0, 0.05) is 24.3 Å². The monoisotopic (exact) mass is 396 g/mol. The first-order valence-corrected chi connectivity index (χ1v) is 9.60. The average molecular weight is 396 g/mol. The van der Waals surface area contributed by atoms with E-state index in [2.05, 4.69) is 0 Å². The Labute approximate surface area is 164 Å². The van der Waals surface area contributed by atoms with E-state index in [0.29, 0.717) is 12.2 Å². The number of rotatable bonds is 6. The smallest absolute Gasteiger partial charge is 0.331 e. The molecule has 0 aromatic rings. The van der Waals surface area contributed by atoms with E-state index in [0.717, 1.165) is 51.4 Å². The van der Waals surface area contributed by atoms with Crippen molar-refractivity contribution in [3.8, 4) is 0 Å². The molecular formula is C20H28O8. The average Bonchev–Trinajstić information content (AvgIpc) is 2.67. The summed E-state index contributed by atoms with van der Waals surface area (Å²) >= 11 is 0. The molecule has 28 heavy (non-hydrogen) atoms. The zero-order valence-corrected chi connectivity index (χ0v) is 15.9. The van der Waals surface area contributed by atoms with E-state index in [4.69, 9.17) is 19.7 Å². The van der Waals surface area contributed by atoms with E-state index in [1.807, 2.05) is 0 Å². The molecule has 0 aliphatic heterocycles. The Morgan fingerprint density at radius 1 is 0.571 bits per heavy atom. The highest BCUT2D eigenvalue weighted by molar-refractivity contribution is 5.91. The van der Waals surface area contributed by atoms with Crippen molar-refractivity contribution < 1.29 is 38.9 Å². The van der Waals surface area contributed by atoms with Crippen LogP contribution in [0.2, 0.25) is 0 Å². The molecule has 0 bridgehead atoms. The lowest BCUT2D eigenvalue weighted by molar-refractivity contribution is -0.147. The van der Waals surface area contributed by atoms with Crippen LogP contribution in [0.1, 0.15) is 64.2 Å². The number of aliphatic carboxylic acids is 2. The summed E-state index contributed by atoms with van der Waals surface area (Å²) in [7, 11) is 0. The summed E-state index contributed by atoms with van der Waals surface area (Å²) in [6, 6.07) is 0. The first-order chi connectivity index (χ1) is 13.4. The summed E-state index contributed by atoms with van der Waals surface area (Å²) < 4.78 is 10.6. The molecule has 0 radical (unpaired) electrons. The SMILES string of the molecule is O=C(/C=C/C(=O)OC1CCCCC1)OC1CCCCC1.O=C(O)/C=C/C(=O)O. The van der Waals surface area contributed by atoms with Gasteiger partial charge in [0.05, 0.1) is 0 Å². The summed E-state index contributed by atoms with van der Waals surface area (Å²) in [5, 5.41) is 15.6. The normalized spacial score (nSPS) is 18.3. The van der Waals surface area contributed by atoms with Crippen molar-refractivity contribution >= 4 is 23.9 Å². The first kappa shape index (κ1) is 23.4. The Hall–Kier alpha value is -2.64. The van der Waals surface area contributed by atoms with E-state index in [-0.39, 0.29) is 12.2 Å². The molecule has 0 saturated heterocycles. The van der Waals surface area contributed by atoms with Gasteiger partial charge in [0.25, 0.3) is 0 Å². The lowest BCUT2D eigenvalue weighted by Crippen LogP contribution is -2.21. The van der Waals surface area contributed by atoms with Crippen molar-refractivity contribution in [3.63, 3.8) is 0 Å². The Kier molecular flexibility index (Phi) is 11.3. The van der Waals surface area contributed by atoms with Gasteiger partial charge in [-0.2, -0.15) is 0 Å². The van der Waals surface area contributed by atoms with Crippen molar-refractivity contribution in [2.45, 2.75) is 76.4 Å². The van der Waals surface area contributed by atoms with Crippen LogP contribution in [-0.4, -0.2) is 46.3 Å². The minimum atomic E-state index is -1.26. The molecule has 156 valence electrons. The first-order valence-electron chi connectivity index (χ1n) is 9.60. The van der Waals surface area contributed by atoms with Gasteiger partial charge in [0.2, 0.25) is 0 Å². The number of esters is 2. The highest BCUT2D eigenvalue weighted by atomic mass is 16.5. The summed E-state index contributed by atoms with van der Waals surface area (Å²) in [5.41, 5.74) is 0. The Balaban J connectivity index is 0.000000416. The van der Waals surface area contributed by atoms with Crippen LogP contribution in [0.3, 0.4) is 0 Å². The molecule has 8 nitrogen and oxygen atoms in total. The highest BCUT2D eigenvalue weighted by Crippen LogP contribution is 2.21. The number of hydrogen-bond acceptors (Lipinski definition) is 6. The van der Waals surface area contributed by atoms with Gasteiger partial charge in [-0.1, -0.05) is 12.8 Å². The molecule has 0 unspecified atom stereocenters. The lowest BCUT2D eigenvalue weighted by Gasteiger charge is -2.21. The minimum absolute atomic E-state index is 0.0234. The summed E-state index contributed by atoms with van der Waals surface area (Å²) in [6.45, 7) is 0. The van der Waals surface area contributed by atoms with Crippen molar-refractivity contribution in [1.29, 1.82) is 0 Å². The van der Waals surface area contributed by atoms with E-state index in [9.17, 15) is 19.2 Å². The molecular weight excluding hydrogens is 368 g/mol. The molecule has 2 saturated carbocycles. The minimum Gasteiger partial charge on any atom is -0.478 e. The second kappa shape index (κ2) is 13.5. The Morgan fingerprint density at radius 2 is 0.893 bits per heavy atom. The van der Waals surface area contributed by atoms with Gasteiger partial charge < -0.3 is 19.7 Å². The Morgan fingerprint density at radius 3 is 1.18 bits per heavy atom. The van der Waals surface area contributed by atoms with Crippen LogP contribution in [0.4, 0.5) is 0 Å². The van der Waals surface area contributed by atoms with Gasteiger partial charge in [-0.05, 0) is 51.4 Å². The van der Waals surface area contributed by atoms with Gasteiger partial charge in [-0.15, -0.1) is 0 Å². The molecule has 0 atom stereocenters. The van der Waals surface area contributed by atoms with Crippen LogP contribution in [0.15, 0.2) is 24.3 Å². The predicted octanol–water partition coefficient (Wildman–Crippen LogP) is 3.01. The lowest BCUT2D eigenvalue weighted by atomic mass is 9.98. The van der Waals surface area contributed by atoms with Crippen LogP contribution in [0.5, 0.6) is 0 Å². The van der Waals surface area contributed by atoms with Gasteiger partial charge in [0.15, 0.2) is 0 Å². The third-order valence-electron chi connectivity index (χ3n) is 4.39. The molecule has 0 aromatic carbocycles. The maximum atomic E-state index is 11.6. The molecule has 2 rings (SSSR count). The van der Waals surface area contributed by atoms with E-state index in [1.165, 1.54) is 25.0 Å². The van der Waals surface area contributed by atoms with Crippen molar-refractivity contribution in [3.05, 3.63) is 24.3 Å². The highest BCUT2D eigenvalue weighted by Gasteiger charge is 2.18. The summed E-state index contributed by atoms with van der Waals surface area (Å²) in [5.74, 6) is -3.38. The van der Waals surface area contributed by atoms with Crippen molar-refractivity contribution in [1.82, 2.24) is 0 Å². The van der Waals surface area contributed by atoms with E-state index >= 15 is 0 Å². The van der Waals surface area contributed by atoms with Crippen molar-refractivity contribution in [2.75, 3.05) is 0 Å². The number of carbonyl (C=O) groups excluding carboxylic acids is 2. The number of hydrogen-bond donors (Lipinski definition) is 2. The topological polar surface area (TPSA) is 127 Å². The maximum absolute atomic E-state index is 11.6. The third kappa shape index (κ3) is 11.9. The Bertz CT molecular complexity index is 531. The quantitative estimate of drug-likeness (QED) is 0.518. The van der Waals surface area contributed by atoms with Crippen LogP contribution in [-0.2, 0) is 28.7 Å². The van der Waals surface area contributed by atoms with Crippen molar-refractivity contribution in [2.24, 2.45) is 0 Å². The standard InChI is InChI=1S/C16H24O4.C4H4O4/c17-15(19-13-7-3-1-4-8-13)11-12-16(18)20-14-9-5-2-6-10-14;5-3(6)1-2-4(7)8/h11-14H,1-10H2;1-2H,(H,5,6)(H,7,8)/b12-11+;2-1+. The molecule has 0 amide bonds.